The van der Waals surface area contributed by atoms with Gasteiger partial charge in [-0.05, 0) is 44.2 Å². The third-order valence-electron chi connectivity index (χ3n) is 4.79. The van der Waals surface area contributed by atoms with E-state index in [-0.39, 0.29) is 12.8 Å². The lowest BCUT2D eigenvalue weighted by molar-refractivity contribution is -0.138. The normalized spacial score (nSPS) is 10.9. The van der Waals surface area contributed by atoms with Crippen LogP contribution < -0.4 is 0 Å². The number of carbonyl (C=O) groups is 2. The van der Waals surface area contributed by atoms with Crippen LogP contribution in [0.5, 0.6) is 0 Å². The predicted molar refractivity (Wildman–Crippen MR) is 116 cm³/mol. The minimum absolute atomic E-state index is 0.140. The Morgan fingerprint density at radius 2 is 1.42 bits per heavy atom. The molecule has 0 saturated heterocycles. The molecular formula is C19H30N10O4. The lowest BCUT2D eigenvalue weighted by Gasteiger charge is -2.19. The quantitative estimate of drug-likeness (QED) is 0.145. The van der Waals surface area contributed by atoms with Crippen LogP contribution in [0.1, 0.15) is 56.3 Å². The highest BCUT2D eigenvalue weighted by atomic mass is 16.4. The molecule has 0 unspecified atom stereocenters. The average Bonchev–Trinajstić information content (AvgIpc) is 3.41. The molecule has 33 heavy (non-hydrogen) atoms. The summed E-state index contributed by atoms with van der Waals surface area (Å²) in [6, 6.07) is 0. The van der Waals surface area contributed by atoms with E-state index in [1.54, 1.807) is 9.36 Å². The topological polar surface area (TPSA) is 188 Å². The maximum atomic E-state index is 10.6. The van der Waals surface area contributed by atoms with E-state index in [4.69, 9.17) is 15.7 Å². The van der Waals surface area contributed by atoms with Crippen molar-refractivity contribution in [1.29, 1.82) is 0 Å². The van der Waals surface area contributed by atoms with Crippen molar-refractivity contribution in [2.24, 2.45) is 5.11 Å². The molecule has 2 heterocycles. The van der Waals surface area contributed by atoms with Crippen molar-refractivity contribution in [3.63, 3.8) is 0 Å². The van der Waals surface area contributed by atoms with Crippen molar-refractivity contribution in [1.82, 2.24) is 34.9 Å². The number of aliphatic carboxylic acids is 2. The standard InChI is InChI=1S/C19H30N10O4/c20-24-21-8-5-9-27(12-16-14-28(25-22-16)10-3-1-6-18(30)31)13-17-15-29(26-23-17)11-4-2-7-19(32)33/h14-15H,1-13H2,(H,30,31)(H,32,33). The zero-order valence-electron chi connectivity index (χ0n) is 18.5. The Labute approximate surface area is 190 Å². The number of aromatic nitrogens is 6. The number of hydrogen-bond acceptors (Lipinski definition) is 8. The Morgan fingerprint density at radius 3 is 1.88 bits per heavy atom. The SMILES string of the molecule is [N-]=[N+]=NCCCN(Cc1cn(CCCCC(=O)O)nn1)Cc1cn(CCCCC(=O)O)nn1. The van der Waals surface area contributed by atoms with E-state index >= 15 is 0 Å². The molecular weight excluding hydrogens is 432 g/mol. The summed E-state index contributed by atoms with van der Waals surface area (Å²) >= 11 is 0. The Morgan fingerprint density at radius 1 is 0.909 bits per heavy atom. The van der Waals surface area contributed by atoms with Crippen molar-refractivity contribution >= 4 is 11.9 Å². The van der Waals surface area contributed by atoms with Crippen molar-refractivity contribution in [2.75, 3.05) is 13.1 Å². The number of aryl methyl sites for hydroxylation is 2. The smallest absolute Gasteiger partial charge is 0.303 e. The summed E-state index contributed by atoms with van der Waals surface area (Å²) in [7, 11) is 0. The molecule has 0 aliphatic carbocycles. The van der Waals surface area contributed by atoms with Crippen molar-refractivity contribution in [3.8, 4) is 0 Å². The zero-order chi connectivity index (χ0) is 23.9. The second kappa shape index (κ2) is 14.5. The number of nitrogens with zero attached hydrogens (tertiary/aromatic N) is 10. The summed E-state index contributed by atoms with van der Waals surface area (Å²) in [5.74, 6) is -1.61. The molecule has 0 saturated carbocycles. The first-order valence-corrected chi connectivity index (χ1v) is 10.9. The second-order valence-corrected chi connectivity index (χ2v) is 7.67. The summed E-state index contributed by atoms with van der Waals surface area (Å²) in [5, 5.41) is 37.7. The summed E-state index contributed by atoms with van der Waals surface area (Å²) < 4.78 is 3.42. The van der Waals surface area contributed by atoms with E-state index in [2.05, 4.69) is 35.6 Å². The maximum absolute atomic E-state index is 10.6. The van der Waals surface area contributed by atoms with Crippen LogP contribution in [0.3, 0.4) is 0 Å². The molecule has 2 rings (SSSR count). The number of hydrogen-bond donors (Lipinski definition) is 2. The molecule has 14 nitrogen and oxygen atoms in total. The third kappa shape index (κ3) is 11.1. The molecule has 0 atom stereocenters. The van der Waals surface area contributed by atoms with Gasteiger partial charge in [0.1, 0.15) is 0 Å². The van der Waals surface area contributed by atoms with Crippen LogP contribution in [0, 0.1) is 0 Å². The van der Waals surface area contributed by atoms with E-state index in [0.717, 1.165) is 11.4 Å². The van der Waals surface area contributed by atoms with Crippen molar-refractivity contribution < 1.29 is 19.8 Å². The number of azide groups is 1. The highest BCUT2D eigenvalue weighted by Crippen LogP contribution is 2.09. The molecule has 0 aliphatic heterocycles. The van der Waals surface area contributed by atoms with Gasteiger partial charge in [-0.1, -0.05) is 15.5 Å². The monoisotopic (exact) mass is 462 g/mol. The molecule has 0 aliphatic rings. The summed E-state index contributed by atoms with van der Waals surface area (Å²) in [6.45, 7) is 3.31. The highest BCUT2D eigenvalue weighted by Gasteiger charge is 2.12. The van der Waals surface area contributed by atoms with E-state index < -0.39 is 11.9 Å². The minimum atomic E-state index is -0.803. The van der Waals surface area contributed by atoms with Crippen molar-refractivity contribution in [2.45, 2.75) is 71.1 Å². The number of carboxylic acids is 2. The van der Waals surface area contributed by atoms with Gasteiger partial charge < -0.3 is 10.2 Å². The van der Waals surface area contributed by atoms with E-state index in [1.807, 2.05) is 12.4 Å². The number of rotatable bonds is 18. The predicted octanol–water partition coefficient (Wildman–Crippen LogP) is 2.08. The maximum Gasteiger partial charge on any atom is 0.303 e. The van der Waals surface area contributed by atoms with Gasteiger partial charge >= 0.3 is 11.9 Å². The number of unbranched alkanes of at least 4 members (excludes halogenated alkanes) is 2. The van der Waals surface area contributed by atoms with Gasteiger partial charge in [-0.15, -0.1) is 10.2 Å². The van der Waals surface area contributed by atoms with Crippen molar-refractivity contribution in [3.05, 3.63) is 34.2 Å². The van der Waals surface area contributed by atoms with Crippen LogP contribution in [0.4, 0.5) is 0 Å². The lowest BCUT2D eigenvalue weighted by Crippen LogP contribution is -2.25. The van der Waals surface area contributed by atoms with Gasteiger partial charge in [0, 0.05) is 62.9 Å². The third-order valence-corrected chi connectivity index (χ3v) is 4.79. The summed E-state index contributed by atoms with van der Waals surface area (Å²) in [4.78, 5) is 26.1. The van der Waals surface area contributed by atoms with E-state index in [9.17, 15) is 9.59 Å². The molecule has 14 heteroatoms. The molecule has 0 fully saturated rings. The Hall–Kier alpha value is -3.51. The highest BCUT2D eigenvalue weighted by molar-refractivity contribution is 5.66. The van der Waals surface area contributed by atoms with Crippen LogP contribution >= 0.6 is 0 Å². The lowest BCUT2D eigenvalue weighted by atomic mass is 10.2. The van der Waals surface area contributed by atoms with Gasteiger partial charge in [0.15, 0.2) is 0 Å². The molecule has 0 amide bonds. The van der Waals surface area contributed by atoms with Gasteiger partial charge in [-0.2, -0.15) is 0 Å². The second-order valence-electron chi connectivity index (χ2n) is 7.67. The number of carboxylic acid groups (broad SMARTS) is 2. The zero-order valence-corrected chi connectivity index (χ0v) is 18.5. The molecule has 180 valence electrons. The molecule has 0 radical (unpaired) electrons. The summed E-state index contributed by atoms with van der Waals surface area (Å²) in [6.07, 6.45) is 7.24. The average molecular weight is 463 g/mol. The Balaban J connectivity index is 1.89. The first-order chi connectivity index (χ1) is 16.0. The fourth-order valence-electron chi connectivity index (χ4n) is 3.22. The van der Waals surface area contributed by atoms with Crippen LogP contribution in [-0.4, -0.2) is 70.1 Å². The molecule has 2 N–H and O–H groups in total. The van der Waals surface area contributed by atoms with Gasteiger partial charge in [0.05, 0.1) is 11.4 Å². The largest absolute Gasteiger partial charge is 0.481 e. The van der Waals surface area contributed by atoms with Gasteiger partial charge in [0.25, 0.3) is 0 Å². The van der Waals surface area contributed by atoms with Gasteiger partial charge in [-0.3, -0.25) is 23.9 Å². The summed E-state index contributed by atoms with van der Waals surface area (Å²) in [5.41, 5.74) is 10.0. The molecule has 0 bridgehead atoms. The molecule has 0 aromatic carbocycles. The van der Waals surface area contributed by atoms with Crippen LogP contribution in [0.25, 0.3) is 10.4 Å². The first kappa shape index (κ1) is 25.7. The van der Waals surface area contributed by atoms with Crippen LogP contribution in [0.2, 0.25) is 0 Å². The Bertz CT molecular complexity index is 859. The molecule has 0 spiro atoms. The van der Waals surface area contributed by atoms with Gasteiger partial charge in [0.2, 0.25) is 0 Å². The van der Waals surface area contributed by atoms with E-state index in [1.165, 1.54) is 0 Å². The molecule has 2 aromatic heterocycles. The minimum Gasteiger partial charge on any atom is -0.481 e. The van der Waals surface area contributed by atoms with Crippen LogP contribution in [0.15, 0.2) is 17.5 Å². The fraction of sp³-hybridized carbons (Fsp3) is 0.684. The van der Waals surface area contributed by atoms with Crippen LogP contribution in [-0.2, 0) is 35.8 Å². The fourth-order valence-corrected chi connectivity index (χ4v) is 3.22. The van der Waals surface area contributed by atoms with Gasteiger partial charge in [-0.25, -0.2) is 0 Å². The molecule has 2 aromatic rings. The Kier molecular flexibility index (Phi) is 11.3. The first-order valence-electron chi connectivity index (χ1n) is 10.9. The van der Waals surface area contributed by atoms with E-state index in [0.29, 0.717) is 71.4 Å².